The van der Waals surface area contributed by atoms with Crippen LogP contribution in [0.15, 0.2) is 35.1 Å². The molecule has 106 valence electrons. The summed E-state index contributed by atoms with van der Waals surface area (Å²) in [5.41, 5.74) is 0.900. The third-order valence-electron chi connectivity index (χ3n) is 2.50. The minimum Gasteiger partial charge on any atom is -0.491 e. The Balaban J connectivity index is 2.32. The van der Waals surface area contributed by atoms with E-state index in [1.54, 1.807) is 6.92 Å². The minimum absolute atomic E-state index is 0.0736. The molecule has 0 saturated carbocycles. The molecule has 0 N–H and O–H groups in total. The van der Waals surface area contributed by atoms with Crippen LogP contribution in [0.2, 0.25) is 0 Å². The molecule has 1 aromatic carbocycles. The zero-order valence-corrected chi connectivity index (χ0v) is 11.8. The molecule has 2 rings (SSSR count). The number of hydrogen-bond acceptors (Lipinski definition) is 5. The van der Waals surface area contributed by atoms with Crippen molar-refractivity contribution >= 4 is 5.97 Å². The van der Waals surface area contributed by atoms with Gasteiger partial charge in [-0.2, -0.15) is 0 Å². The van der Waals surface area contributed by atoms with Gasteiger partial charge in [0.05, 0.1) is 12.7 Å². The second-order valence-corrected chi connectivity index (χ2v) is 4.44. The van der Waals surface area contributed by atoms with E-state index >= 15 is 0 Å². The van der Waals surface area contributed by atoms with E-state index in [-0.39, 0.29) is 11.8 Å². The van der Waals surface area contributed by atoms with Crippen molar-refractivity contribution in [3.63, 3.8) is 0 Å². The average molecular weight is 275 g/mol. The SMILES string of the molecule is CCOC(=O)c1ncoc1-c1cccc(OC(C)C)c1. The van der Waals surface area contributed by atoms with Crippen LogP contribution in [-0.2, 0) is 4.74 Å². The van der Waals surface area contributed by atoms with Crippen molar-refractivity contribution < 1.29 is 18.7 Å². The Labute approximate surface area is 117 Å². The van der Waals surface area contributed by atoms with E-state index in [0.29, 0.717) is 18.1 Å². The maximum Gasteiger partial charge on any atom is 0.360 e. The maximum atomic E-state index is 11.8. The lowest BCUT2D eigenvalue weighted by Crippen LogP contribution is -2.07. The van der Waals surface area contributed by atoms with Crippen LogP contribution in [-0.4, -0.2) is 23.7 Å². The minimum atomic E-state index is -0.494. The molecule has 20 heavy (non-hydrogen) atoms. The van der Waals surface area contributed by atoms with Gasteiger partial charge in [-0.25, -0.2) is 9.78 Å². The molecule has 0 unspecified atom stereocenters. The van der Waals surface area contributed by atoms with Gasteiger partial charge in [0.2, 0.25) is 0 Å². The van der Waals surface area contributed by atoms with E-state index in [0.717, 1.165) is 5.56 Å². The van der Waals surface area contributed by atoms with Gasteiger partial charge in [0.25, 0.3) is 0 Å². The number of oxazole rings is 1. The summed E-state index contributed by atoms with van der Waals surface area (Å²) in [6.45, 7) is 5.94. The zero-order chi connectivity index (χ0) is 14.5. The van der Waals surface area contributed by atoms with Crippen LogP contribution in [0.25, 0.3) is 11.3 Å². The highest BCUT2D eigenvalue weighted by molar-refractivity contribution is 5.93. The van der Waals surface area contributed by atoms with E-state index < -0.39 is 5.97 Å². The number of esters is 1. The highest BCUT2D eigenvalue weighted by Crippen LogP contribution is 2.27. The molecule has 0 fully saturated rings. The van der Waals surface area contributed by atoms with Crippen LogP contribution in [0.5, 0.6) is 5.75 Å². The Kier molecular flexibility index (Phi) is 4.40. The molecule has 1 heterocycles. The fourth-order valence-corrected chi connectivity index (χ4v) is 1.78. The third kappa shape index (κ3) is 3.17. The van der Waals surface area contributed by atoms with Crippen molar-refractivity contribution in [3.8, 4) is 17.1 Å². The maximum absolute atomic E-state index is 11.8. The highest BCUT2D eigenvalue weighted by atomic mass is 16.5. The Morgan fingerprint density at radius 2 is 2.20 bits per heavy atom. The quantitative estimate of drug-likeness (QED) is 0.783. The van der Waals surface area contributed by atoms with Gasteiger partial charge in [0.15, 0.2) is 17.8 Å². The number of benzene rings is 1. The molecule has 0 spiro atoms. The molecule has 0 aliphatic carbocycles. The van der Waals surface area contributed by atoms with Gasteiger partial charge in [-0.15, -0.1) is 0 Å². The highest BCUT2D eigenvalue weighted by Gasteiger charge is 2.19. The molecule has 0 atom stereocenters. The summed E-state index contributed by atoms with van der Waals surface area (Å²) in [4.78, 5) is 15.7. The predicted octanol–water partition coefficient (Wildman–Crippen LogP) is 3.31. The average Bonchev–Trinajstić information content (AvgIpc) is 2.87. The second-order valence-electron chi connectivity index (χ2n) is 4.44. The number of carbonyl (C=O) groups is 1. The van der Waals surface area contributed by atoms with Crippen LogP contribution < -0.4 is 4.74 Å². The summed E-state index contributed by atoms with van der Waals surface area (Å²) < 4.78 is 15.9. The van der Waals surface area contributed by atoms with Gasteiger partial charge in [-0.1, -0.05) is 12.1 Å². The smallest absolute Gasteiger partial charge is 0.360 e. The standard InChI is InChI=1S/C15H17NO4/c1-4-18-15(17)13-14(19-9-16-13)11-6-5-7-12(8-11)20-10(2)3/h5-10H,4H2,1-3H3. The second kappa shape index (κ2) is 6.23. The molecule has 0 saturated heterocycles. The van der Waals surface area contributed by atoms with Crippen molar-refractivity contribution in [1.82, 2.24) is 4.98 Å². The molecule has 2 aromatic rings. The van der Waals surface area contributed by atoms with Gasteiger partial charge in [0.1, 0.15) is 5.75 Å². The normalized spacial score (nSPS) is 10.6. The first-order valence-electron chi connectivity index (χ1n) is 6.49. The Hall–Kier alpha value is -2.30. The van der Waals surface area contributed by atoms with Crippen LogP contribution >= 0.6 is 0 Å². The van der Waals surface area contributed by atoms with Crippen LogP contribution in [0.3, 0.4) is 0 Å². The summed E-state index contributed by atoms with van der Waals surface area (Å²) in [6, 6.07) is 7.33. The van der Waals surface area contributed by atoms with E-state index in [2.05, 4.69) is 4.98 Å². The van der Waals surface area contributed by atoms with Crippen molar-refractivity contribution in [2.75, 3.05) is 6.61 Å². The van der Waals surface area contributed by atoms with Crippen molar-refractivity contribution in [1.29, 1.82) is 0 Å². The third-order valence-corrected chi connectivity index (χ3v) is 2.50. The first-order valence-corrected chi connectivity index (χ1v) is 6.49. The lowest BCUT2D eigenvalue weighted by atomic mass is 10.1. The summed E-state index contributed by atoms with van der Waals surface area (Å²) in [7, 11) is 0. The predicted molar refractivity (Wildman–Crippen MR) is 73.7 cm³/mol. The van der Waals surface area contributed by atoms with Gasteiger partial charge >= 0.3 is 5.97 Å². The summed E-state index contributed by atoms with van der Waals surface area (Å²) in [6.07, 6.45) is 1.31. The van der Waals surface area contributed by atoms with Gasteiger partial charge in [-0.3, -0.25) is 0 Å². The number of hydrogen-bond donors (Lipinski definition) is 0. The molecule has 0 aliphatic rings. The number of ether oxygens (including phenoxy) is 2. The van der Waals surface area contributed by atoms with Crippen LogP contribution in [0.1, 0.15) is 31.3 Å². The Morgan fingerprint density at radius 1 is 1.40 bits per heavy atom. The molecule has 5 nitrogen and oxygen atoms in total. The summed E-state index contributed by atoms with van der Waals surface area (Å²) in [5, 5.41) is 0. The zero-order valence-electron chi connectivity index (χ0n) is 11.8. The number of aromatic nitrogens is 1. The fraction of sp³-hybridized carbons (Fsp3) is 0.333. The van der Waals surface area contributed by atoms with Crippen LogP contribution in [0.4, 0.5) is 0 Å². The summed E-state index contributed by atoms with van der Waals surface area (Å²) in [5.74, 6) is 0.604. The van der Waals surface area contributed by atoms with Crippen molar-refractivity contribution in [2.24, 2.45) is 0 Å². The van der Waals surface area contributed by atoms with E-state index in [1.807, 2.05) is 38.1 Å². The van der Waals surface area contributed by atoms with E-state index in [4.69, 9.17) is 13.9 Å². The number of nitrogens with zero attached hydrogens (tertiary/aromatic N) is 1. The largest absolute Gasteiger partial charge is 0.491 e. The first kappa shape index (κ1) is 14.1. The lowest BCUT2D eigenvalue weighted by Gasteiger charge is -2.10. The molecule has 0 amide bonds. The topological polar surface area (TPSA) is 61.6 Å². The monoisotopic (exact) mass is 275 g/mol. The van der Waals surface area contributed by atoms with Gasteiger partial charge < -0.3 is 13.9 Å². The lowest BCUT2D eigenvalue weighted by molar-refractivity contribution is 0.0520. The Morgan fingerprint density at radius 3 is 2.90 bits per heavy atom. The van der Waals surface area contributed by atoms with Crippen molar-refractivity contribution in [3.05, 3.63) is 36.4 Å². The molecule has 0 aliphatic heterocycles. The summed E-state index contributed by atoms with van der Waals surface area (Å²) >= 11 is 0. The van der Waals surface area contributed by atoms with Gasteiger partial charge in [0, 0.05) is 5.56 Å². The van der Waals surface area contributed by atoms with E-state index in [1.165, 1.54) is 6.39 Å². The molecule has 1 aromatic heterocycles. The first-order chi connectivity index (χ1) is 9.61. The van der Waals surface area contributed by atoms with E-state index in [9.17, 15) is 4.79 Å². The van der Waals surface area contributed by atoms with Gasteiger partial charge in [-0.05, 0) is 32.9 Å². The Bertz CT molecular complexity index is 589. The molecular formula is C15H17NO4. The molecule has 0 bridgehead atoms. The van der Waals surface area contributed by atoms with Crippen LogP contribution in [0, 0.1) is 0 Å². The van der Waals surface area contributed by atoms with Crippen molar-refractivity contribution in [2.45, 2.75) is 26.9 Å². The fourth-order valence-electron chi connectivity index (χ4n) is 1.78. The molecule has 5 heteroatoms. The number of carbonyl (C=O) groups excluding carboxylic acids is 1. The number of rotatable bonds is 5. The molecule has 0 radical (unpaired) electrons. The molecular weight excluding hydrogens is 258 g/mol.